The number of nitrogens with zero attached hydrogens (tertiary/aromatic N) is 4. The van der Waals surface area contributed by atoms with Crippen molar-refractivity contribution in [1.29, 1.82) is 0 Å². The molecule has 0 unspecified atom stereocenters. The van der Waals surface area contributed by atoms with Crippen LogP contribution in [0.2, 0.25) is 0 Å². The van der Waals surface area contributed by atoms with E-state index in [4.69, 9.17) is 0 Å². The van der Waals surface area contributed by atoms with Gasteiger partial charge < -0.3 is 15.3 Å². The molecule has 0 bridgehead atoms. The van der Waals surface area contributed by atoms with Crippen LogP contribution in [0.5, 0.6) is 0 Å². The van der Waals surface area contributed by atoms with Crippen molar-refractivity contribution in [2.75, 3.05) is 18.1 Å². The smallest absolute Gasteiger partial charge is 0.394 e. The normalized spacial score (nSPS) is 16.6. The van der Waals surface area contributed by atoms with Crippen LogP contribution in [0.15, 0.2) is 29.3 Å². The fourth-order valence-corrected chi connectivity index (χ4v) is 4.35. The van der Waals surface area contributed by atoms with Crippen LogP contribution in [0.1, 0.15) is 29.6 Å². The number of anilines is 1. The summed E-state index contributed by atoms with van der Waals surface area (Å²) in [6.07, 6.45) is -9.43. The van der Waals surface area contributed by atoms with Gasteiger partial charge in [-0.25, -0.2) is 23.1 Å². The maximum Gasteiger partial charge on any atom is 0.417 e. The van der Waals surface area contributed by atoms with Crippen LogP contribution in [0.25, 0.3) is 16.9 Å². The number of pyridine rings is 3. The predicted molar refractivity (Wildman–Crippen MR) is 120 cm³/mol. The Morgan fingerprint density at radius 2 is 1.70 bits per heavy atom. The summed E-state index contributed by atoms with van der Waals surface area (Å²) in [7, 11) is 0. The number of nitrogens with one attached hydrogen (secondary N) is 1. The predicted octanol–water partition coefficient (Wildman–Crippen LogP) is 3.77. The van der Waals surface area contributed by atoms with Crippen LogP contribution in [0.3, 0.4) is 0 Å². The Hall–Kier alpha value is -3.89. The molecule has 1 amide bonds. The number of alkyl halides is 6. The van der Waals surface area contributed by atoms with E-state index in [-0.39, 0.29) is 6.54 Å². The van der Waals surface area contributed by atoms with Crippen LogP contribution in [-0.4, -0.2) is 63.1 Å². The van der Waals surface area contributed by atoms with E-state index in [1.807, 2.05) is 0 Å². The minimum Gasteiger partial charge on any atom is -0.394 e. The molecule has 1 aliphatic rings. The van der Waals surface area contributed by atoms with Crippen molar-refractivity contribution in [3.8, 4) is 5.82 Å². The quantitative estimate of drug-likeness (QED) is 0.444. The number of carbonyl (C=O) groups excluding carboxylic acids is 1. The minimum atomic E-state index is -6.01. The Kier molecular flexibility index (Phi) is 7.70. The summed E-state index contributed by atoms with van der Waals surface area (Å²) in [5.74, 6) is -7.19. The number of amides is 1. The highest BCUT2D eigenvalue weighted by atomic mass is 19.4. The van der Waals surface area contributed by atoms with E-state index in [2.05, 4.69) is 9.97 Å². The molecule has 0 radical (unpaired) electrons. The van der Waals surface area contributed by atoms with Gasteiger partial charge in [-0.15, -0.1) is 0 Å². The highest BCUT2D eigenvalue weighted by Crippen LogP contribution is 2.34. The third-order valence-electron chi connectivity index (χ3n) is 6.21. The standard InChI is InChI=1S/C23H18F9N5O3/c24-10-5-14(25)18(33-7-10)37-8-13(20(40)35-21(22(27,28)29)23(30,31)32)16(39)12-6-15(26)19(34-17(12)37)36-4-2-1-3-11(36)9-38/h5-8,11,21,38H,1-4,9H2,(H,35,40)/t11-/m1/s1. The van der Waals surface area contributed by atoms with E-state index in [1.165, 1.54) is 4.90 Å². The number of aliphatic hydroxyl groups excluding tert-OH is 1. The lowest BCUT2D eigenvalue weighted by molar-refractivity contribution is -0.255. The number of aliphatic hydroxyl groups is 1. The molecule has 40 heavy (non-hydrogen) atoms. The summed E-state index contributed by atoms with van der Waals surface area (Å²) in [5.41, 5.74) is -3.48. The number of carbonyl (C=O) groups is 1. The summed E-state index contributed by atoms with van der Waals surface area (Å²) >= 11 is 0. The number of aromatic nitrogens is 3. The fraction of sp³-hybridized carbons (Fsp3) is 0.391. The van der Waals surface area contributed by atoms with Gasteiger partial charge in [-0.3, -0.25) is 14.2 Å². The summed E-state index contributed by atoms with van der Waals surface area (Å²) in [4.78, 5) is 34.5. The number of hydrogen-bond donors (Lipinski definition) is 2. The van der Waals surface area contributed by atoms with E-state index >= 15 is 4.39 Å². The lowest BCUT2D eigenvalue weighted by Crippen LogP contribution is -2.55. The van der Waals surface area contributed by atoms with Crippen molar-refractivity contribution < 1.29 is 49.4 Å². The van der Waals surface area contributed by atoms with Gasteiger partial charge in [0, 0.05) is 18.8 Å². The zero-order chi connectivity index (χ0) is 29.6. The van der Waals surface area contributed by atoms with Crippen LogP contribution in [0.4, 0.5) is 45.3 Å². The molecule has 1 fully saturated rings. The number of rotatable bonds is 5. The second-order valence-corrected chi connectivity index (χ2v) is 8.88. The van der Waals surface area contributed by atoms with Gasteiger partial charge >= 0.3 is 12.4 Å². The fourth-order valence-electron chi connectivity index (χ4n) is 4.35. The highest BCUT2D eigenvalue weighted by Gasteiger charge is 2.57. The second-order valence-electron chi connectivity index (χ2n) is 8.88. The lowest BCUT2D eigenvalue weighted by atomic mass is 10.0. The topological polar surface area (TPSA) is 100 Å². The first-order valence-electron chi connectivity index (χ1n) is 11.5. The zero-order valence-electron chi connectivity index (χ0n) is 20.0. The maximum atomic E-state index is 15.2. The van der Waals surface area contributed by atoms with E-state index in [0.29, 0.717) is 53.7 Å². The number of fused-ring (bicyclic) bond motifs is 1. The van der Waals surface area contributed by atoms with Crippen molar-refractivity contribution in [2.45, 2.75) is 43.7 Å². The van der Waals surface area contributed by atoms with Crippen molar-refractivity contribution >= 4 is 22.8 Å². The first kappa shape index (κ1) is 29.1. The average molecular weight is 583 g/mol. The Balaban J connectivity index is 1.97. The van der Waals surface area contributed by atoms with E-state index in [9.17, 15) is 49.8 Å². The van der Waals surface area contributed by atoms with Crippen molar-refractivity contribution in [3.05, 3.63) is 57.8 Å². The Labute approximate surface area is 218 Å². The van der Waals surface area contributed by atoms with Crippen LogP contribution in [0, 0.1) is 17.5 Å². The Morgan fingerprint density at radius 1 is 1.05 bits per heavy atom. The van der Waals surface area contributed by atoms with Crippen LogP contribution in [-0.2, 0) is 0 Å². The molecule has 4 heterocycles. The molecule has 1 saturated heterocycles. The molecule has 4 rings (SSSR count). The Morgan fingerprint density at radius 3 is 2.30 bits per heavy atom. The monoisotopic (exact) mass is 583 g/mol. The van der Waals surface area contributed by atoms with Crippen LogP contribution < -0.4 is 15.6 Å². The molecule has 3 aromatic rings. The first-order valence-corrected chi connectivity index (χ1v) is 11.5. The van der Waals surface area contributed by atoms with Crippen molar-refractivity contribution in [3.63, 3.8) is 0 Å². The molecule has 1 atom stereocenters. The van der Waals surface area contributed by atoms with E-state index in [1.54, 1.807) is 0 Å². The summed E-state index contributed by atoms with van der Waals surface area (Å²) in [6.45, 7) is -0.191. The molecule has 0 saturated carbocycles. The first-order chi connectivity index (χ1) is 18.6. The third kappa shape index (κ3) is 5.55. The summed E-state index contributed by atoms with van der Waals surface area (Å²) in [5, 5.41) is 9.56. The molecule has 0 aromatic carbocycles. The number of halogens is 9. The van der Waals surface area contributed by atoms with Crippen LogP contribution >= 0.6 is 0 Å². The maximum absolute atomic E-state index is 15.2. The molecule has 8 nitrogen and oxygen atoms in total. The Bertz CT molecular complexity index is 1490. The van der Waals surface area contributed by atoms with E-state index < -0.39 is 88.1 Å². The molecule has 0 spiro atoms. The van der Waals surface area contributed by atoms with Gasteiger partial charge in [-0.1, -0.05) is 0 Å². The molecule has 17 heteroatoms. The lowest BCUT2D eigenvalue weighted by Gasteiger charge is -2.35. The third-order valence-corrected chi connectivity index (χ3v) is 6.21. The molecule has 0 aliphatic carbocycles. The molecular formula is C23H18F9N5O3. The van der Waals surface area contributed by atoms with Crippen molar-refractivity contribution in [2.24, 2.45) is 0 Å². The number of piperidine rings is 1. The second kappa shape index (κ2) is 10.6. The van der Waals surface area contributed by atoms with Gasteiger partial charge in [0.2, 0.25) is 11.5 Å². The van der Waals surface area contributed by atoms with Crippen molar-refractivity contribution in [1.82, 2.24) is 19.9 Å². The molecule has 2 N–H and O–H groups in total. The largest absolute Gasteiger partial charge is 0.417 e. The highest BCUT2D eigenvalue weighted by molar-refractivity contribution is 5.97. The van der Waals surface area contributed by atoms with Gasteiger partial charge in [-0.05, 0) is 25.3 Å². The average Bonchev–Trinajstić information content (AvgIpc) is 2.86. The molecule has 1 aliphatic heterocycles. The SMILES string of the molecule is O=C(NC(C(F)(F)F)C(F)(F)F)c1cn(-c2ncc(F)cc2F)c2nc(N3CCCC[C@@H]3CO)c(F)cc2c1=O. The van der Waals surface area contributed by atoms with Gasteiger partial charge in [0.25, 0.3) is 5.91 Å². The van der Waals surface area contributed by atoms with Gasteiger partial charge in [0.15, 0.2) is 28.9 Å². The molecule has 216 valence electrons. The van der Waals surface area contributed by atoms with Gasteiger partial charge in [0.1, 0.15) is 11.4 Å². The van der Waals surface area contributed by atoms with Gasteiger partial charge in [-0.2, -0.15) is 26.3 Å². The zero-order valence-corrected chi connectivity index (χ0v) is 20.0. The summed E-state index contributed by atoms with van der Waals surface area (Å²) in [6, 6.07) is -4.11. The summed E-state index contributed by atoms with van der Waals surface area (Å²) < 4.78 is 122. The molecule has 3 aromatic heterocycles. The number of hydrogen-bond acceptors (Lipinski definition) is 6. The molecular weight excluding hydrogens is 565 g/mol. The van der Waals surface area contributed by atoms with E-state index in [0.717, 1.165) is 0 Å². The minimum absolute atomic E-state index is 0.213. The van der Waals surface area contributed by atoms with Gasteiger partial charge in [0.05, 0.1) is 24.2 Å².